The second kappa shape index (κ2) is 4.58. The van der Waals surface area contributed by atoms with E-state index in [0.717, 1.165) is 12.2 Å². The quantitative estimate of drug-likeness (QED) is 0.745. The van der Waals surface area contributed by atoms with Crippen molar-refractivity contribution in [3.05, 3.63) is 33.7 Å². The van der Waals surface area contributed by atoms with Crippen molar-refractivity contribution < 1.29 is 0 Å². The van der Waals surface area contributed by atoms with E-state index in [1.807, 2.05) is 7.05 Å². The van der Waals surface area contributed by atoms with Gasteiger partial charge in [-0.25, -0.2) is 0 Å². The number of nitrogens with one attached hydrogen (secondary N) is 1. The maximum Gasteiger partial charge on any atom is 0.250 e. The number of likely N-dealkylation sites (N-methyl/N-ethyl adjacent to an activating group) is 1. The summed E-state index contributed by atoms with van der Waals surface area (Å²) in [6.07, 6.45) is 0. The molecule has 0 saturated carbocycles. The summed E-state index contributed by atoms with van der Waals surface area (Å²) >= 11 is 0. The third-order valence-corrected chi connectivity index (χ3v) is 2.16. The smallest absolute Gasteiger partial charge is 0.250 e. The second-order valence-corrected chi connectivity index (χ2v) is 3.04. The van der Waals surface area contributed by atoms with E-state index in [1.54, 1.807) is 17.6 Å². The second-order valence-electron chi connectivity index (χ2n) is 3.04. The van der Waals surface area contributed by atoms with Crippen LogP contribution in [0.25, 0.3) is 0 Å². The fourth-order valence-corrected chi connectivity index (χ4v) is 1.30. The summed E-state index contributed by atoms with van der Waals surface area (Å²) in [7, 11) is 1.83. The molecule has 74 valence electrons. The molecule has 0 radical (unpaired) electrons. The SMILES string of the molecule is CNCCn1c(C)c(C#N)ccc1=O. The molecule has 0 unspecified atom stereocenters. The van der Waals surface area contributed by atoms with Gasteiger partial charge in [-0.3, -0.25) is 4.79 Å². The van der Waals surface area contributed by atoms with Crippen molar-refractivity contribution in [2.24, 2.45) is 0 Å². The van der Waals surface area contributed by atoms with E-state index >= 15 is 0 Å². The molecular formula is C10H13N3O. The Balaban J connectivity index is 3.14. The average molecular weight is 191 g/mol. The summed E-state index contributed by atoms with van der Waals surface area (Å²) in [6, 6.07) is 5.05. The zero-order valence-corrected chi connectivity index (χ0v) is 8.37. The Morgan fingerprint density at radius 1 is 1.57 bits per heavy atom. The van der Waals surface area contributed by atoms with Gasteiger partial charge in [0, 0.05) is 24.8 Å². The Hall–Kier alpha value is -1.60. The number of hydrogen-bond acceptors (Lipinski definition) is 3. The molecule has 0 aromatic carbocycles. The summed E-state index contributed by atoms with van der Waals surface area (Å²) in [5.41, 5.74) is 1.23. The Labute approximate surface area is 82.8 Å². The first-order chi connectivity index (χ1) is 6.70. The molecule has 0 aliphatic rings. The normalized spacial score (nSPS) is 9.79. The largest absolute Gasteiger partial charge is 0.318 e. The number of rotatable bonds is 3. The third-order valence-electron chi connectivity index (χ3n) is 2.16. The lowest BCUT2D eigenvalue weighted by Gasteiger charge is -2.09. The number of aromatic nitrogens is 1. The van der Waals surface area contributed by atoms with E-state index in [-0.39, 0.29) is 5.56 Å². The average Bonchev–Trinajstić information content (AvgIpc) is 2.18. The van der Waals surface area contributed by atoms with E-state index in [2.05, 4.69) is 11.4 Å². The van der Waals surface area contributed by atoms with Gasteiger partial charge in [-0.15, -0.1) is 0 Å². The minimum atomic E-state index is -0.0586. The van der Waals surface area contributed by atoms with Crippen molar-refractivity contribution in [3.8, 4) is 6.07 Å². The maximum absolute atomic E-state index is 11.4. The molecule has 0 aliphatic carbocycles. The van der Waals surface area contributed by atoms with Gasteiger partial charge in [0.15, 0.2) is 0 Å². The third kappa shape index (κ3) is 2.01. The first-order valence-electron chi connectivity index (χ1n) is 4.46. The maximum atomic E-state index is 11.4. The van der Waals surface area contributed by atoms with Crippen LogP contribution < -0.4 is 10.9 Å². The molecular weight excluding hydrogens is 178 g/mol. The first kappa shape index (κ1) is 10.5. The van der Waals surface area contributed by atoms with Crippen LogP contribution in [0.2, 0.25) is 0 Å². The summed E-state index contributed by atoms with van der Waals surface area (Å²) in [5.74, 6) is 0. The van der Waals surface area contributed by atoms with Crippen LogP contribution in [-0.4, -0.2) is 18.2 Å². The molecule has 1 aromatic rings. The molecule has 0 fully saturated rings. The minimum Gasteiger partial charge on any atom is -0.318 e. The van der Waals surface area contributed by atoms with Crippen LogP contribution in [0, 0.1) is 18.3 Å². The molecule has 1 aromatic heterocycles. The Morgan fingerprint density at radius 2 is 2.29 bits per heavy atom. The fourth-order valence-electron chi connectivity index (χ4n) is 1.30. The van der Waals surface area contributed by atoms with E-state index in [0.29, 0.717) is 12.1 Å². The van der Waals surface area contributed by atoms with E-state index in [4.69, 9.17) is 5.26 Å². The zero-order valence-electron chi connectivity index (χ0n) is 8.37. The van der Waals surface area contributed by atoms with Crippen LogP contribution in [0.1, 0.15) is 11.3 Å². The van der Waals surface area contributed by atoms with Crippen LogP contribution >= 0.6 is 0 Å². The molecule has 0 atom stereocenters. The molecule has 1 N–H and O–H groups in total. The topological polar surface area (TPSA) is 57.8 Å². The highest BCUT2D eigenvalue weighted by Gasteiger charge is 2.03. The van der Waals surface area contributed by atoms with Gasteiger partial charge in [0.1, 0.15) is 6.07 Å². The predicted octanol–water partition coefficient (Wildman–Crippen LogP) is 0.248. The van der Waals surface area contributed by atoms with Crippen LogP contribution in [0.3, 0.4) is 0 Å². The molecule has 14 heavy (non-hydrogen) atoms. The summed E-state index contributed by atoms with van der Waals surface area (Å²) in [4.78, 5) is 11.4. The van der Waals surface area contributed by atoms with Gasteiger partial charge >= 0.3 is 0 Å². The molecule has 1 rings (SSSR count). The van der Waals surface area contributed by atoms with Crippen molar-refractivity contribution in [1.82, 2.24) is 9.88 Å². The Bertz CT molecular complexity index is 414. The van der Waals surface area contributed by atoms with Crippen molar-refractivity contribution in [3.63, 3.8) is 0 Å². The van der Waals surface area contributed by atoms with Gasteiger partial charge < -0.3 is 9.88 Å². The van der Waals surface area contributed by atoms with Gasteiger partial charge in [0.2, 0.25) is 0 Å². The van der Waals surface area contributed by atoms with E-state index in [9.17, 15) is 4.79 Å². The molecule has 1 heterocycles. The highest BCUT2D eigenvalue weighted by Crippen LogP contribution is 2.02. The van der Waals surface area contributed by atoms with Crippen molar-refractivity contribution in [2.45, 2.75) is 13.5 Å². The van der Waals surface area contributed by atoms with Crippen molar-refractivity contribution >= 4 is 0 Å². The first-order valence-corrected chi connectivity index (χ1v) is 4.46. The van der Waals surface area contributed by atoms with Crippen LogP contribution in [0.4, 0.5) is 0 Å². The van der Waals surface area contributed by atoms with Gasteiger partial charge in [0.25, 0.3) is 5.56 Å². The van der Waals surface area contributed by atoms with Gasteiger partial charge in [-0.1, -0.05) is 0 Å². The summed E-state index contributed by atoms with van der Waals surface area (Å²) < 4.78 is 1.61. The minimum absolute atomic E-state index is 0.0586. The predicted molar refractivity (Wildman–Crippen MR) is 54.1 cm³/mol. The Kier molecular flexibility index (Phi) is 3.43. The number of hydrogen-bond donors (Lipinski definition) is 1. The molecule has 0 aliphatic heterocycles. The summed E-state index contributed by atoms with van der Waals surface area (Å²) in [5, 5.41) is 11.7. The fraction of sp³-hybridized carbons (Fsp3) is 0.400. The lowest BCUT2D eigenvalue weighted by Crippen LogP contribution is -2.27. The summed E-state index contributed by atoms with van der Waals surface area (Å²) in [6.45, 7) is 3.10. The van der Waals surface area contributed by atoms with Gasteiger partial charge in [-0.05, 0) is 20.0 Å². The molecule has 4 nitrogen and oxygen atoms in total. The molecule has 4 heteroatoms. The lowest BCUT2D eigenvalue weighted by atomic mass is 10.2. The molecule has 0 saturated heterocycles. The van der Waals surface area contributed by atoms with Crippen LogP contribution in [0.15, 0.2) is 16.9 Å². The monoisotopic (exact) mass is 191 g/mol. The molecule has 0 amide bonds. The standard InChI is InChI=1S/C10H13N3O/c1-8-9(7-11)3-4-10(14)13(8)6-5-12-2/h3-4,12H,5-6H2,1-2H3. The van der Waals surface area contributed by atoms with Gasteiger partial charge in [0.05, 0.1) is 5.56 Å². The van der Waals surface area contributed by atoms with E-state index in [1.165, 1.54) is 6.07 Å². The number of nitrogens with zero attached hydrogens (tertiary/aromatic N) is 2. The van der Waals surface area contributed by atoms with Crippen LogP contribution in [0.5, 0.6) is 0 Å². The zero-order chi connectivity index (χ0) is 10.6. The molecule has 0 bridgehead atoms. The lowest BCUT2D eigenvalue weighted by molar-refractivity contribution is 0.611. The molecule has 0 spiro atoms. The van der Waals surface area contributed by atoms with Crippen molar-refractivity contribution in [1.29, 1.82) is 5.26 Å². The van der Waals surface area contributed by atoms with Gasteiger partial charge in [-0.2, -0.15) is 5.26 Å². The highest BCUT2D eigenvalue weighted by molar-refractivity contribution is 5.32. The Morgan fingerprint density at radius 3 is 2.86 bits per heavy atom. The number of pyridine rings is 1. The van der Waals surface area contributed by atoms with Crippen LogP contribution in [-0.2, 0) is 6.54 Å². The highest BCUT2D eigenvalue weighted by atomic mass is 16.1. The van der Waals surface area contributed by atoms with E-state index < -0.39 is 0 Å². The van der Waals surface area contributed by atoms with Crippen molar-refractivity contribution in [2.75, 3.05) is 13.6 Å². The number of nitriles is 1.